The summed E-state index contributed by atoms with van der Waals surface area (Å²) in [5, 5.41) is 7.11. The van der Waals surface area contributed by atoms with Gasteiger partial charge >= 0.3 is 0 Å². The molecule has 1 heterocycles. The van der Waals surface area contributed by atoms with E-state index in [1.165, 1.54) is 6.42 Å². The van der Waals surface area contributed by atoms with Crippen molar-refractivity contribution in [2.45, 2.75) is 44.8 Å². The minimum atomic E-state index is 0.291. The van der Waals surface area contributed by atoms with Crippen LogP contribution in [0.2, 0.25) is 0 Å². The summed E-state index contributed by atoms with van der Waals surface area (Å²) in [6, 6.07) is 0.371. The average Bonchev–Trinajstić information content (AvgIpc) is 2.82. The number of hydrogen-bond donors (Lipinski definition) is 1. The molecule has 0 amide bonds. The zero-order valence-electron chi connectivity index (χ0n) is 9.19. The van der Waals surface area contributed by atoms with Crippen LogP contribution in [0.3, 0.4) is 0 Å². The Morgan fingerprint density at radius 2 is 2.40 bits per heavy atom. The Labute approximate surface area is 94.6 Å². The van der Waals surface area contributed by atoms with Crippen molar-refractivity contribution in [1.82, 2.24) is 14.8 Å². The van der Waals surface area contributed by atoms with Crippen LogP contribution in [0, 0.1) is 4.77 Å². The van der Waals surface area contributed by atoms with Gasteiger partial charge in [-0.25, -0.2) is 0 Å². The van der Waals surface area contributed by atoms with Crippen LogP contribution in [0.1, 0.15) is 38.1 Å². The normalized spacial score (nSPS) is 26.0. The van der Waals surface area contributed by atoms with Gasteiger partial charge in [-0.2, -0.15) is 5.10 Å². The number of nitrogens with zero attached hydrogens (tertiary/aromatic N) is 2. The second-order valence-corrected chi connectivity index (χ2v) is 4.33. The minimum Gasteiger partial charge on any atom is -0.379 e. The predicted octanol–water partition coefficient (Wildman–Crippen LogP) is 2.24. The van der Waals surface area contributed by atoms with Crippen molar-refractivity contribution >= 4 is 12.2 Å². The molecule has 1 aliphatic carbocycles. The Kier molecular flexibility index (Phi) is 3.21. The lowest BCUT2D eigenvalue weighted by atomic mass is 10.2. The van der Waals surface area contributed by atoms with Crippen LogP contribution in [0.25, 0.3) is 0 Å². The summed E-state index contributed by atoms with van der Waals surface area (Å²) in [5.41, 5.74) is 0. The van der Waals surface area contributed by atoms with Crippen LogP contribution in [-0.4, -0.2) is 28.0 Å². The standard InChI is InChI=1S/C10H17N3OS/c1-3-9-11-12-10(15)13(9)7-5-4-6-8(7)14-2/h7-8H,3-6H2,1-2H3,(H,12,15). The molecule has 0 saturated heterocycles. The SMILES string of the molecule is CCc1n[nH]c(=S)n1C1CCCC1OC. The number of rotatable bonds is 3. The highest BCUT2D eigenvalue weighted by molar-refractivity contribution is 7.71. The van der Waals surface area contributed by atoms with Crippen molar-refractivity contribution in [3.8, 4) is 0 Å². The zero-order valence-corrected chi connectivity index (χ0v) is 10.0. The Balaban J connectivity index is 2.35. The van der Waals surface area contributed by atoms with E-state index in [0.717, 1.165) is 29.9 Å². The van der Waals surface area contributed by atoms with Gasteiger partial charge in [0, 0.05) is 13.5 Å². The van der Waals surface area contributed by atoms with Crippen LogP contribution >= 0.6 is 12.2 Å². The Morgan fingerprint density at radius 1 is 1.60 bits per heavy atom. The number of ether oxygens (including phenoxy) is 1. The van der Waals surface area contributed by atoms with Gasteiger partial charge in [-0.05, 0) is 31.5 Å². The van der Waals surface area contributed by atoms with Gasteiger partial charge in [0.1, 0.15) is 5.82 Å². The maximum absolute atomic E-state index is 5.49. The van der Waals surface area contributed by atoms with Crippen molar-refractivity contribution in [2.75, 3.05) is 7.11 Å². The number of aromatic amines is 1. The molecule has 5 heteroatoms. The van der Waals surface area contributed by atoms with Gasteiger partial charge in [0.15, 0.2) is 4.77 Å². The molecule has 0 spiro atoms. The van der Waals surface area contributed by atoms with Crippen LogP contribution < -0.4 is 0 Å². The molecular formula is C10H17N3OS. The Morgan fingerprint density at radius 3 is 3.07 bits per heavy atom. The predicted molar refractivity (Wildman–Crippen MR) is 60.5 cm³/mol. The molecule has 1 N–H and O–H groups in total. The van der Waals surface area contributed by atoms with E-state index in [1.54, 1.807) is 7.11 Å². The summed E-state index contributed by atoms with van der Waals surface area (Å²) >= 11 is 5.27. The zero-order chi connectivity index (χ0) is 10.8. The van der Waals surface area contributed by atoms with Crippen molar-refractivity contribution < 1.29 is 4.74 Å². The number of aromatic nitrogens is 3. The minimum absolute atomic E-state index is 0.291. The molecule has 1 aromatic rings. The molecule has 0 bridgehead atoms. The van der Waals surface area contributed by atoms with E-state index in [4.69, 9.17) is 17.0 Å². The lowest BCUT2D eigenvalue weighted by Crippen LogP contribution is -2.22. The molecule has 1 fully saturated rings. The van der Waals surface area contributed by atoms with E-state index in [0.29, 0.717) is 12.1 Å². The van der Waals surface area contributed by atoms with Crippen molar-refractivity contribution in [2.24, 2.45) is 0 Å². The fourth-order valence-corrected chi connectivity index (χ4v) is 2.69. The first-order valence-electron chi connectivity index (χ1n) is 5.46. The average molecular weight is 227 g/mol. The second kappa shape index (κ2) is 4.45. The fourth-order valence-electron chi connectivity index (χ4n) is 2.41. The first-order valence-corrected chi connectivity index (χ1v) is 5.87. The molecule has 4 nitrogen and oxygen atoms in total. The topological polar surface area (TPSA) is 42.8 Å². The van der Waals surface area contributed by atoms with E-state index in [1.807, 2.05) is 0 Å². The van der Waals surface area contributed by atoms with Crippen LogP contribution in [0.15, 0.2) is 0 Å². The summed E-state index contributed by atoms with van der Waals surface area (Å²) in [6.07, 6.45) is 4.66. The molecule has 2 atom stereocenters. The molecule has 0 radical (unpaired) electrons. The highest BCUT2D eigenvalue weighted by Crippen LogP contribution is 2.32. The smallest absolute Gasteiger partial charge is 0.195 e. The molecule has 15 heavy (non-hydrogen) atoms. The van der Waals surface area contributed by atoms with Crippen LogP contribution in [0.4, 0.5) is 0 Å². The van der Waals surface area contributed by atoms with Gasteiger partial charge in [0.05, 0.1) is 12.1 Å². The Hall–Kier alpha value is -0.680. The number of nitrogens with one attached hydrogen (secondary N) is 1. The molecule has 1 aromatic heterocycles. The number of hydrogen-bond acceptors (Lipinski definition) is 3. The molecule has 1 saturated carbocycles. The van der Waals surface area contributed by atoms with Gasteiger partial charge in [-0.1, -0.05) is 6.92 Å². The molecule has 2 rings (SSSR count). The van der Waals surface area contributed by atoms with Gasteiger partial charge < -0.3 is 4.74 Å². The quantitative estimate of drug-likeness (QED) is 0.805. The van der Waals surface area contributed by atoms with E-state index in [-0.39, 0.29) is 0 Å². The Bertz CT molecular complexity index is 384. The summed E-state index contributed by atoms with van der Waals surface area (Å²) in [5.74, 6) is 1.04. The molecule has 1 aliphatic rings. The molecule has 84 valence electrons. The molecule has 0 aliphatic heterocycles. The summed E-state index contributed by atoms with van der Waals surface area (Å²) in [6.45, 7) is 2.10. The number of aryl methyl sites for hydroxylation is 1. The van der Waals surface area contributed by atoms with E-state index >= 15 is 0 Å². The van der Waals surface area contributed by atoms with E-state index in [2.05, 4.69) is 21.7 Å². The fraction of sp³-hybridized carbons (Fsp3) is 0.800. The monoisotopic (exact) mass is 227 g/mol. The van der Waals surface area contributed by atoms with Gasteiger partial charge in [-0.3, -0.25) is 9.67 Å². The summed E-state index contributed by atoms with van der Waals surface area (Å²) in [4.78, 5) is 0. The number of methoxy groups -OCH3 is 1. The first kappa shape index (κ1) is 10.8. The molecule has 2 unspecified atom stereocenters. The van der Waals surface area contributed by atoms with E-state index in [9.17, 15) is 0 Å². The largest absolute Gasteiger partial charge is 0.379 e. The number of H-pyrrole nitrogens is 1. The van der Waals surface area contributed by atoms with Crippen molar-refractivity contribution in [1.29, 1.82) is 0 Å². The molecule has 0 aromatic carbocycles. The van der Waals surface area contributed by atoms with Gasteiger partial charge in [-0.15, -0.1) is 0 Å². The summed E-state index contributed by atoms with van der Waals surface area (Å²) < 4.78 is 8.35. The van der Waals surface area contributed by atoms with Crippen molar-refractivity contribution in [3.63, 3.8) is 0 Å². The van der Waals surface area contributed by atoms with Crippen LogP contribution in [0.5, 0.6) is 0 Å². The maximum Gasteiger partial charge on any atom is 0.195 e. The third-order valence-electron chi connectivity index (χ3n) is 3.15. The van der Waals surface area contributed by atoms with Crippen LogP contribution in [-0.2, 0) is 11.2 Å². The highest BCUT2D eigenvalue weighted by Gasteiger charge is 2.30. The third kappa shape index (κ3) is 1.86. The van der Waals surface area contributed by atoms with Gasteiger partial charge in [0.2, 0.25) is 0 Å². The summed E-state index contributed by atoms with van der Waals surface area (Å²) in [7, 11) is 1.78. The van der Waals surface area contributed by atoms with E-state index < -0.39 is 0 Å². The molecular weight excluding hydrogens is 210 g/mol. The second-order valence-electron chi connectivity index (χ2n) is 3.94. The third-order valence-corrected chi connectivity index (χ3v) is 3.43. The van der Waals surface area contributed by atoms with Crippen molar-refractivity contribution in [3.05, 3.63) is 10.6 Å². The lowest BCUT2D eigenvalue weighted by molar-refractivity contribution is 0.0735. The first-order chi connectivity index (χ1) is 7.27. The maximum atomic E-state index is 5.49. The lowest BCUT2D eigenvalue weighted by Gasteiger charge is -2.20. The van der Waals surface area contributed by atoms with Gasteiger partial charge in [0.25, 0.3) is 0 Å². The highest BCUT2D eigenvalue weighted by atomic mass is 32.1.